The summed E-state index contributed by atoms with van der Waals surface area (Å²) in [6, 6.07) is 9.94. The van der Waals surface area contributed by atoms with Gasteiger partial charge in [-0.3, -0.25) is 5.10 Å². The molecule has 1 N–H and O–H groups in total. The van der Waals surface area contributed by atoms with Crippen molar-refractivity contribution in [2.75, 3.05) is 13.7 Å². The van der Waals surface area contributed by atoms with E-state index >= 15 is 0 Å². The lowest BCUT2D eigenvalue weighted by Crippen LogP contribution is -2.02. The number of aromatic amines is 1. The Bertz CT molecular complexity index is 1240. The lowest BCUT2D eigenvalue weighted by Gasteiger charge is -2.05. The van der Waals surface area contributed by atoms with E-state index in [1.165, 1.54) is 11.8 Å². The first-order valence-corrected chi connectivity index (χ1v) is 9.47. The number of H-pyrrole nitrogens is 1. The zero-order valence-electron chi connectivity index (χ0n) is 15.0. The van der Waals surface area contributed by atoms with E-state index in [2.05, 4.69) is 41.1 Å². The van der Waals surface area contributed by atoms with Crippen molar-refractivity contribution in [3.05, 3.63) is 49.1 Å². The van der Waals surface area contributed by atoms with Crippen LogP contribution in [-0.2, 0) is 11.3 Å². The molecular formula is C18H16N8OS. The molecule has 0 aliphatic carbocycles. The van der Waals surface area contributed by atoms with Crippen LogP contribution in [-0.4, -0.2) is 53.3 Å². The van der Waals surface area contributed by atoms with Gasteiger partial charge >= 0.3 is 0 Å². The fourth-order valence-corrected chi connectivity index (χ4v) is 3.77. The highest BCUT2D eigenvalue weighted by Gasteiger charge is 2.12. The summed E-state index contributed by atoms with van der Waals surface area (Å²) in [6.07, 6.45) is 5.38. The highest BCUT2D eigenvalue weighted by molar-refractivity contribution is 7.99. The number of nitrogens with one attached hydrogen (secondary N) is 1. The van der Waals surface area contributed by atoms with E-state index in [9.17, 15) is 0 Å². The summed E-state index contributed by atoms with van der Waals surface area (Å²) in [7, 11) is 1.70. The Balaban J connectivity index is 1.50. The van der Waals surface area contributed by atoms with E-state index in [0.717, 1.165) is 33.7 Å². The number of benzene rings is 1. The summed E-state index contributed by atoms with van der Waals surface area (Å²) in [6.45, 7) is 1.39. The molecule has 4 heterocycles. The van der Waals surface area contributed by atoms with Crippen molar-refractivity contribution in [3.8, 4) is 11.3 Å². The van der Waals surface area contributed by atoms with Crippen LogP contribution in [0.2, 0.25) is 0 Å². The van der Waals surface area contributed by atoms with Gasteiger partial charge in [-0.2, -0.15) is 14.7 Å². The Labute approximate surface area is 163 Å². The number of methoxy groups -OCH3 is 1. The molecule has 0 spiro atoms. The number of hydrogen-bond donors (Lipinski definition) is 1. The van der Waals surface area contributed by atoms with Crippen molar-refractivity contribution < 1.29 is 4.74 Å². The molecule has 0 radical (unpaired) electrons. The summed E-state index contributed by atoms with van der Waals surface area (Å²) < 4.78 is 9.01. The first-order valence-electron chi connectivity index (χ1n) is 8.65. The largest absolute Gasteiger partial charge is 0.383 e. The average molecular weight is 392 g/mol. The maximum absolute atomic E-state index is 5.18. The van der Waals surface area contributed by atoms with Crippen molar-refractivity contribution in [2.45, 2.75) is 16.6 Å². The van der Waals surface area contributed by atoms with E-state index in [0.29, 0.717) is 17.4 Å². The molecule has 1 aromatic carbocycles. The molecule has 0 unspecified atom stereocenters. The Kier molecular flexibility index (Phi) is 4.26. The van der Waals surface area contributed by atoms with Gasteiger partial charge in [0.25, 0.3) is 0 Å². The van der Waals surface area contributed by atoms with Gasteiger partial charge in [0, 0.05) is 30.3 Å². The van der Waals surface area contributed by atoms with Crippen LogP contribution in [0, 0.1) is 0 Å². The SMILES string of the molecule is COCCn1cnc2ccc(Sc3nnc4ccc(-c5cn[nH]c5)nn34)cc21. The van der Waals surface area contributed by atoms with Crippen LogP contribution in [0.1, 0.15) is 0 Å². The van der Waals surface area contributed by atoms with Crippen LogP contribution in [0.5, 0.6) is 0 Å². The molecule has 5 aromatic rings. The molecule has 0 saturated heterocycles. The Morgan fingerprint density at radius 2 is 2.14 bits per heavy atom. The topological polar surface area (TPSA) is 98.8 Å². The number of ether oxygens (including phenoxy) is 1. The molecule has 9 nitrogen and oxygen atoms in total. The summed E-state index contributed by atoms with van der Waals surface area (Å²) in [4.78, 5) is 5.48. The van der Waals surface area contributed by atoms with Crippen LogP contribution < -0.4 is 0 Å². The van der Waals surface area contributed by atoms with Crippen molar-refractivity contribution in [1.29, 1.82) is 0 Å². The van der Waals surface area contributed by atoms with Gasteiger partial charge in [0.05, 0.1) is 35.9 Å². The standard InChI is InChI=1S/C18H16N8OS/c1-27-7-6-25-11-19-15-3-2-13(8-16(15)25)28-18-23-22-17-5-4-14(24-26(17)18)12-9-20-21-10-12/h2-5,8-11H,6-7H2,1H3,(H,20,21). The Morgan fingerprint density at radius 1 is 1.18 bits per heavy atom. The quantitative estimate of drug-likeness (QED) is 0.474. The lowest BCUT2D eigenvalue weighted by atomic mass is 10.2. The number of fused-ring (bicyclic) bond motifs is 2. The van der Waals surface area contributed by atoms with Crippen LogP contribution in [0.25, 0.3) is 27.9 Å². The van der Waals surface area contributed by atoms with Gasteiger partial charge in [-0.1, -0.05) is 0 Å². The summed E-state index contributed by atoms with van der Waals surface area (Å²) in [5.41, 5.74) is 4.42. The minimum atomic E-state index is 0.637. The minimum Gasteiger partial charge on any atom is -0.383 e. The molecule has 0 fully saturated rings. The van der Waals surface area contributed by atoms with Crippen molar-refractivity contribution in [1.82, 2.24) is 39.6 Å². The van der Waals surface area contributed by atoms with Gasteiger partial charge in [-0.25, -0.2) is 4.98 Å². The van der Waals surface area contributed by atoms with Crippen LogP contribution in [0.15, 0.2) is 59.1 Å². The molecule has 0 atom stereocenters. The first kappa shape index (κ1) is 16.9. The Hall–Kier alpha value is -3.24. The second kappa shape index (κ2) is 7.06. The smallest absolute Gasteiger partial charge is 0.217 e. The average Bonchev–Trinajstić information content (AvgIpc) is 3.46. The maximum Gasteiger partial charge on any atom is 0.217 e. The summed E-state index contributed by atoms with van der Waals surface area (Å²) >= 11 is 1.51. The van der Waals surface area contributed by atoms with E-state index in [1.807, 2.05) is 30.6 Å². The predicted molar refractivity (Wildman–Crippen MR) is 104 cm³/mol. The van der Waals surface area contributed by atoms with Gasteiger partial charge in [-0.05, 0) is 42.1 Å². The third kappa shape index (κ3) is 3.02. The number of hydrogen-bond acceptors (Lipinski definition) is 7. The normalized spacial score (nSPS) is 11.6. The number of aromatic nitrogens is 8. The molecule has 140 valence electrons. The molecule has 0 aliphatic rings. The lowest BCUT2D eigenvalue weighted by molar-refractivity contribution is 0.188. The zero-order valence-corrected chi connectivity index (χ0v) is 15.8. The highest BCUT2D eigenvalue weighted by atomic mass is 32.2. The summed E-state index contributed by atoms with van der Waals surface area (Å²) in [5, 5.41) is 20.7. The third-order valence-corrected chi connectivity index (χ3v) is 5.29. The van der Waals surface area contributed by atoms with Gasteiger partial charge in [0.15, 0.2) is 5.65 Å². The molecule has 4 aromatic heterocycles. The van der Waals surface area contributed by atoms with E-state index in [4.69, 9.17) is 4.74 Å². The monoisotopic (exact) mass is 392 g/mol. The van der Waals surface area contributed by atoms with Crippen molar-refractivity contribution in [2.24, 2.45) is 0 Å². The second-order valence-corrected chi connectivity index (χ2v) is 7.18. The van der Waals surface area contributed by atoms with Crippen molar-refractivity contribution in [3.63, 3.8) is 0 Å². The minimum absolute atomic E-state index is 0.637. The van der Waals surface area contributed by atoms with Crippen molar-refractivity contribution >= 4 is 28.4 Å². The molecular weight excluding hydrogens is 376 g/mol. The molecule has 5 rings (SSSR count). The predicted octanol–water partition coefficient (Wildman–Crippen LogP) is 2.66. The fourth-order valence-electron chi connectivity index (χ4n) is 2.95. The molecule has 0 aliphatic heterocycles. The third-order valence-electron chi connectivity index (χ3n) is 4.37. The molecule has 28 heavy (non-hydrogen) atoms. The van der Waals surface area contributed by atoms with Gasteiger partial charge in [0.1, 0.15) is 0 Å². The number of imidazole rings is 1. The van der Waals surface area contributed by atoms with Gasteiger partial charge in [0.2, 0.25) is 5.16 Å². The molecule has 0 amide bonds. The van der Waals surface area contributed by atoms with E-state index < -0.39 is 0 Å². The Morgan fingerprint density at radius 3 is 3.00 bits per heavy atom. The molecule has 10 heteroatoms. The van der Waals surface area contributed by atoms with Gasteiger partial charge < -0.3 is 9.30 Å². The van der Waals surface area contributed by atoms with Crippen LogP contribution in [0.3, 0.4) is 0 Å². The van der Waals surface area contributed by atoms with Crippen LogP contribution in [0.4, 0.5) is 0 Å². The number of nitrogens with zero attached hydrogens (tertiary/aromatic N) is 7. The van der Waals surface area contributed by atoms with E-state index in [-0.39, 0.29) is 0 Å². The van der Waals surface area contributed by atoms with Crippen LogP contribution >= 0.6 is 11.8 Å². The maximum atomic E-state index is 5.18. The molecule has 0 saturated carbocycles. The molecule has 0 bridgehead atoms. The van der Waals surface area contributed by atoms with Gasteiger partial charge in [-0.15, -0.1) is 10.2 Å². The first-order chi connectivity index (χ1) is 13.8. The fraction of sp³-hybridized carbons (Fsp3) is 0.167. The number of rotatable bonds is 6. The van der Waals surface area contributed by atoms with E-state index in [1.54, 1.807) is 24.0 Å². The zero-order chi connectivity index (χ0) is 18.9. The summed E-state index contributed by atoms with van der Waals surface area (Å²) in [5.74, 6) is 0. The highest BCUT2D eigenvalue weighted by Crippen LogP contribution is 2.29. The second-order valence-electron chi connectivity index (χ2n) is 6.14.